The fourth-order valence-corrected chi connectivity index (χ4v) is 2.05. The topological polar surface area (TPSA) is 80.9 Å². The number of tetrazole rings is 1. The van der Waals surface area contributed by atoms with E-state index in [1.807, 2.05) is 36.4 Å². The van der Waals surface area contributed by atoms with Crippen molar-refractivity contribution in [3.63, 3.8) is 0 Å². The van der Waals surface area contributed by atoms with E-state index in [1.165, 1.54) is 0 Å². The van der Waals surface area contributed by atoms with Gasteiger partial charge in [-0.05, 0) is 10.8 Å². The summed E-state index contributed by atoms with van der Waals surface area (Å²) in [5.41, 5.74) is 1.39. The van der Waals surface area contributed by atoms with Gasteiger partial charge < -0.3 is 5.11 Å². The molecule has 0 saturated carbocycles. The minimum absolute atomic E-state index is 0.401. The standard InChI is InChI=1S/C15H12N4O2/c20-15(21)13(11-7-3-1-4-8-11)19-17-14(16-18-19)12-9-5-2-6-10-12/h1-10,13H,(H,20,21)/t13-/m0/s1. The zero-order chi connectivity index (χ0) is 14.7. The molecule has 0 amide bonds. The quantitative estimate of drug-likeness (QED) is 0.790. The van der Waals surface area contributed by atoms with Crippen molar-refractivity contribution in [1.29, 1.82) is 0 Å². The number of carbonyl (C=O) groups is 1. The highest BCUT2D eigenvalue weighted by atomic mass is 16.4. The van der Waals surface area contributed by atoms with Crippen molar-refractivity contribution in [2.45, 2.75) is 6.04 Å². The second-order valence-corrected chi connectivity index (χ2v) is 4.45. The van der Waals surface area contributed by atoms with Crippen LogP contribution in [0.5, 0.6) is 0 Å². The Morgan fingerprint density at radius 2 is 1.62 bits per heavy atom. The van der Waals surface area contributed by atoms with Crippen LogP contribution in [0.2, 0.25) is 0 Å². The molecule has 0 aliphatic heterocycles. The van der Waals surface area contributed by atoms with Crippen LogP contribution in [0, 0.1) is 0 Å². The van der Waals surface area contributed by atoms with Crippen molar-refractivity contribution in [2.75, 3.05) is 0 Å². The van der Waals surface area contributed by atoms with E-state index in [2.05, 4.69) is 15.4 Å². The van der Waals surface area contributed by atoms with E-state index in [0.29, 0.717) is 11.4 Å². The molecule has 0 unspecified atom stereocenters. The molecule has 0 aliphatic carbocycles. The Morgan fingerprint density at radius 1 is 1.00 bits per heavy atom. The molecule has 0 saturated heterocycles. The number of aromatic nitrogens is 4. The number of hydrogen-bond acceptors (Lipinski definition) is 4. The molecule has 104 valence electrons. The number of rotatable bonds is 4. The monoisotopic (exact) mass is 280 g/mol. The van der Waals surface area contributed by atoms with Gasteiger partial charge in [0, 0.05) is 5.56 Å². The molecule has 0 aliphatic rings. The smallest absolute Gasteiger partial charge is 0.335 e. The molecule has 1 heterocycles. The predicted octanol–water partition coefficient (Wildman–Crippen LogP) is 2.01. The molecule has 0 spiro atoms. The van der Waals surface area contributed by atoms with Crippen molar-refractivity contribution in [3.8, 4) is 11.4 Å². The number of hydrogen-bond donors (Lipinski definition) is 1. The van der Waals surface area contributed by atoms with Crippen LogP contribution in [0.15, 0.2) is 60.7 Å². The Balaban J connectivity index is 1.99. The highest BCUT2D eigenvalue weighted by Crippen LogP contribution is 2.18. The van der Waals surface area contributed by atoms with Gasteiger partial charge in [0.2, 0.25) is 5.82 Å². The third kappa shape index (κ3) is 2.64. The Hall–Kier alpha value is -3.02. The third-order valence-electron chi connectivity index (χ3n) is 3.04. The molecule has 6 nitrogen and oxygen atoms in total. The lowest BCUT2D eigenvalue weighted by Crippen LogP contribution is -2.22. The summed E-state index contributed by atoms with van der Waals surface area (Å²) in [6, 6.07) is 17.2. The summed E-state index contributed by atoms with van der Waals surface area (Å²) >= 11 is 0. The van der Waals surface area contributed by atoms with E-state index in [1.54, 1.807) is 24.3 Å². The van der Waals surface area contributed by atoms with Crippen LogP contribution in [0.3, 0.4) is 0 Å². The van der Waals surface area contributed by atoms with Crippen LogP contribution >= 0.6 is 0 Å². The molecule has 0 bridgehead atoms. The number of carboxylic acids is 1. The Labute approximate surface area is 120 Å². The van der Waals surface area contributed by atoms with E-state index in [0.717, 1.165) is 10.4 Å². The maximum absolute atomic E-state index is 11.5. The van der Waals surface area contributed by atoms with Gasteiger partial charge >= 0.3 is 5.97 Å². The lowest BCUT2D eigenvalue weighted by Gasteiger charge is -2.10. The molecule has 0 radical (unpaired) electrons. The number of aliphatic carboxylic acids is 1. The highest BCUT2D eigenvalue weighted by molar-refractivity contribution is 5.75. The van der Waals surface area contributed by atoms with Crippen LogP contribution in [0.25, 0.3) is 11.4 Å². The molecule has 21 heavy (non-hydrogen) atoms. The summed E-state index contributed by atoms with van der Waals surface area (Å²) in [7, 11) is 0. The van der Waals surface area contributed by atoms with E-state index in [4.69, 9.17) is 0 Å². The van der Waals surface area contributed by atoms with Crippen molar-refractivity contribution >= 4 is 5.97 Å². The largest absolute Gasteiger partial charge is 0.479 e. The Kier molecular flexibility index (Phi) is 3.42. The molecule has 2 aromatic carbocycles. The molecule has 6 heteroatoms. The minimum atomic E-state index is -1.03. The van der Waals surface area contributed by atoms with Gasteiger partial charge in [0.15, 0.2) is 6.04 Å². The van der Waals surface area contributed by atoms with Gasteiger partial charge in [-0.3, -0.25) is 0 Å². The predicted molar refractivity (Wildman–Crippen MR) is 75.5 cm³/mol. The molecule has 0 fully saturated rings. The fraction of sp³-hybridized carbons (Fsp3) is 0.0667. The maximum Gasteiger partial charge on any atom is 0.335 e. The third-order valence-corrected chi connectivity index (χ3v) is 3.04. The first kappa shape index (κ1) is 13.0. The lowest BCUT2D eigenvalue weighted by atomic mass is 10.1. The molecule has 1 N–H and O–H groups in total. The number of carboxylic acid groups (broad SMARTS) is 1. The minimum Gasteiger partial charge on any atom is -0.479 e. The van der Waals surface area contributed by atoms with Crippen molar-refractivity contribution in [3.05, 3.63) is 66.2 Å². The average Bonchev–Trinajstić information content (AvgIpc) is 2.98. The van der Waals surface area contributed by atoms with Gasteiger partial charge in [-0.1, -0.05) is 60.7 Å². The maximum atomic E-state index is 11.5. The second kappa shape index (κ2) is 5.54. The summed E-state index contributed by atoms with van der Waals surface area (Å²) in [5, 5.41) is 21.4. The molecular formula is C15H12N4O2. The van der Waals surface area contributed by atoms with E-state index in [9.17, 15) is 9.90 Å². The van der Waals surface area contributed by atoms with Gasteiger partial charge in [-0.25, -0.2) is 4.79 Å². The van der Waals surface area contributed by atoms with Gasteiger partial charge in [-0.15, -0.1) is 15.0 Å². The van der Waals surface area contributed by atoms with Crippen molar-refractivity contribution in [2.24, 2.45) is 0 Å². The normalized spacial score (nSPS) is 12.0. The molecule has 3 aromatic rings. The summed E-state index contributed by atoms with van der Waals surface area (Å²) in [4.78, 5) is 12.6. The number of nitrogens with zero attached hydrogens (tertiary/aromatic N) is 4. The molecule has 1 aromatic heterocycles. The summed E-state index contributed by atoms with van der Waals surface area (Å²) in [5.74, 6) is -0.629. The lowest BCUT2D eigenvalue weighted by molar-refractivity contribution is -0.140. The summed E-state index contributed by atoms with van der Waals surface area (Å²) in [6.45, 7) is 0. The first-order chi connectivity index (χ1) is 10.3. The van der Waals surface area contributed by atoms with Crippen LogP contribution in [0.4, 0.5) is 0 Å². The Morgan fingerprint density at radius 3 is 2.24 bits per heavy atom. The summed E-state index contributed by atoms with van der Waals surface area (Å²) in [6.07, 6.45) is 0. The van der Waals surface area contributed by atoms with Gasteiger partial charge in [0.1, 0.15) is 0 Å². The van der Waals surface area contributed by atoms with Crippen molar-refractivity contribution in [1.82, 2.24) is 20.2 Å². The van der Waals surface area contributed by atoms with E-state index < -0.39 is 12.0 Å². The summed E-state index contributed by atoms with van der Waals surface area (Å²) < 4.78 is 0. The Bertz CT molecular complexity index is 741. The first-order valence-electron chi connectivity index (χ1n) is 6.38. The van der Waals surface area contributed by atoms with E-state index in [-0.39, 0.29) is 0 Å². The molecular weight excluding hydrogens is 268 g/mol. The second-order valence-electron chi connectivity index (χ2n) is 4.45. The average molecular weight is 280 g/mol. The molecule has 1 atom stereocenters. The van der Waals surface area contributed by atoms with Gasteiger partial charge in [-0.2, -0.15) is 0 Å². The zero-order valence-electron chi connectivity index (χ0n) is 11.0. The van der Waals surface area contributed by atoms with Crippen molar-refractivity contribution < 1.29 is 9.90 Å². The SMILES string of the molecule is O=C(O)[C@H](c1ccccc1)n1nnc(-c2ccccc2)n1. The fourth-order valence-electron chi connectivity index (χ4n) is 2.05. The van der Waals surface area contributed by atoms with Crippen LogP contribution in [-0.2, 0) is 4.79 Å². The zero-order valence-corrected chi connectivity index (χ0v) is 11.0. The van der Waals surface area contributed by atoms with Crippen LogP contribution in [-0.4, -0.2) is 31.3 Å². The first-order valence-corrected chi connectivity index (χ1v) is 6.38. The highest BCUT2D eigenvalue weighted by Gasteiger charge is 2.24. The number of benzene rings is 2. The van der Waals surface area contributed by atoms with E-state index >= 15 is 0 Å². The van der Waals surface area contributed by atoms with Gasteiger partial charge in [0.25, 0.3) is 0 Å². The molecule has 3 rings (SSSR count). The van der Waals surface area contributed by atoms with Crippen LogP contribution < -0.4 is 0 Å². The van der Waals surface area contributed by atoms with Gasteiger partial charge in [0.05, 0.1) is 0 Å². The van der Waals surface area contributed by atoms with Crippen LogP contribution in [0.1, 0.15) is 11.6 Å².